The largest absolute Gasteiger partial charge is 0.381 e. The molecular weight excluding hydrogens is 282 g/mol. The van der Waals surface area contributed by atoms with Crippen LogP contribution in [0.4, 0.5) is 0 Å². The number of para-hydroxylation sites is 2. The van der Waals surface area contributed by atoms with Gasteiger partial charge in [-0.1, -0.05) is 12.1 Å². The molecule has 7 heteroatoms. The lowest BCUT2D eigenvalue weighted by Gasteiger charge is -2.00. The molecule has 0 unspecified atom stereocenters. The van der Waals surface area contributed by atoms with Gasteiger partial charge in [-0.3, -0.25) is 0 Å². The molecule has 0 saturated carbocycles. The fourth-order valence-electron chi connectivity index (χ4n) is 2.70. The van der Waals surface area contributed by atoms with E-state index in [4.69, 9.17) is 9.47 Å². The average molecular weight is 299 g/mol. The minimum Gasteiger partial charge on any atom is -0.381 e. The number of imidazole rings is 1. The number of hydrogen-bond donors (Lipinski definition) is 1. The number of fused-ring (bicyclic) bond motifs is 1. The summed E-state index contributed by atoms with van der Waals surface area (Å²) in [6.45, 7) is 1.83. The van der Waals surface area contributed by atoms with Crippen molar-refractivity contribution in [3.05, 3.63) is 35.9 Å². The van der Waals surface area contributed by atoms with Gasteiger partial charge in [0.05, 0.1) is 17.6 Å². The molecule has 4 rings (SSSR count). The number of nitrogens with one attached hydrogen (secondary N) is 1. The Hall–Kier alpha value is -2.25. The molecule has 22 heavy (non-hydrogen) atoms. The normalized spacial score (nSPS) is 18.3. The van der Waals surface area contributed by atoms with Gasteiger partial charge >= 0.3 is 0 Å². The van der Waals surface area contributed by atoms with Crippen LogP contribution < -0.4 is 0 Å². The molecule has 0 spiro atoms. The first kappa shape index (κ1) is 13.4. The summed E-state index contributed by atoms with van der Waals surface area (Å²) in [6, 6.07) is 7.90. The van der Waals surface area contributed by atoms with Gasteiger partial charge < -0.3 is 14.5 Å². The summed E-state index contributed by atoms with van der Waals surface area (Å²) in [6.07, 6.45) is 0.955. The predicted molar refractivity (Wildman–Crippen MR) is 79.9 cm³/mol. The number of aromatic amines is 1. The average Bonchev–Trinajstić information content (AvgIpc) is 3.26. The minimum absolute atomic E-state index is 0.251. The smallest absolute Gasteiger partial charge is 0.230 e. The van der Waals surface area contributed by atoms with Crippen LogP contribution in [-0.4, -0.2) is 45.1 Å². The molecule has 3 heterocycles. The van der Waals surface area contributed by atoms with Gasteiger partial charge in [0.25, 0.3) is 0 Å². The molecule has 1 aromatic carbocycles. The van der Waals surface area contributed by atoms with Crippen LogP contribution in [0, 0.1) is 0 Å². The van der Waals surface area contributed by atoms with Crippen molar-refractivity contribution in [2.75, 3.05) is 20.3 Å². The molecule has 2 aromatic heterocycles. The Morgan fingerprint density at radius 3 is 3.05 bits per heavy atom. The van der Waals surface area contributed by atoms with Gasteiger partial charge in [-0.05, 0) is 18.6 Å². The molecule has 0 radical (unpaired) electrons. The summed E-state index contributed by atoms with van der Waals surface area (Å²) < 4.78 is 12.4. The van der Waals surface area contributed by atoms with Crippen LogP contribution in [0.5, 0.6) is 0 Å². The Bertz CT molecular complexity index is 755. The summed E-state index contributed by atoms with van der Waals surface area (Å²) in [5, 5.41) is 4.63. The lowest BCUT2D eigenvalue weighted by atomic mass is 10.1. The highest BCUT2D eigenvalue weighted by atomic mass is 16.5. The highest BCUT2D eigenvalue weighted by Crippen LogP contribution is 2.24. The number of ether oxygens (including phenoxy) is 2. The summed E-state index contributed by atoms with van der Waals surface area (Å²) in [7, 11) is 1.65. The first-order valence-corrected chi connectivity index (χ1v) is 7.33. The molecule has 1 aliphatic heterocycles. The van der Waals surface area contributed by atoms with Crippen molar-refractivity contribution in [3.63, 3.8) is 0 Å². The number of methoxy groups -OCH3 is 1. The summed E-state index contributed by atoms with van der Waals surface area (Å²) in [5.74, 6) is 2.45. The highest BCUT2D eigenvalue weighted by molar-refractivity contribution is 5.75. The molecule has 1 N–H and O–H groups in total. The van der Waals surface area contributed by atoms with Crippen LogP contribution in [0.15, 0.2) is 24.3 Å². The quantitative estimate of drug-likeness (QED) is 0.794. The van der Waals surface area contributed by atoms with Gasteiger partial charge in [0.15, 0.2) is 11.6 Å². The molecular formula is C15H17N5O2. The van der Waals surface area contributed by atoms with Crippen molar-refractivity contribution in [2.24, 2.45) is 0 Å². The summed E-state index contributed by atoms with van der Waals surface area (Å²) >= 11 is 0. The number of hydrogen-bond acceptors (Lipinski definition) is 5. The van der Waals surface area contributed by atoms with Crippen LogP contribution >= 0.6 is 0 Å². The van der Waals surface area contributed by atoms with E-state index in [0.29, 0.717) is 19.2 Å². The third-order valence-corrected chi connectivity index (χ3v) is 3.84. The summed E-state index contributed by atoms with van der Waals surface area (Å²) in [5.41, 5.74) is 1.88. The Kier molecular flexibility index (Phi) is 3.36. The summed E-state index contributed by atoms with van der Waals surface area (Å²) in [4.78, 5) is 12.5. The van der Waals surface area contributed by atoms with Crippen molar-refractivity contribution in [1.82, 2.24) is 24.7 Å². The van der Waals surface area contributed by atoms with E-state index in [0.717, 1.165) is 35.7 Å². The van der Waals surface area contributed by atoms with Gasteiger partial charge in [0, 0.05) is 19.6 Å². The van der Waals surface area contributed by atoms with E-state index in [-0.39, 0.29) is 5.92 Å². The molecule has 114 valence electrons. The molecule has 3 aromatic rings. The van der Waals surface area contributed by atoms with E-state index in [1.54, 1.807) is 11.8 Å². The first-order chi connectivity index (χ1) is 10.8. The number of rotatable bonds is 4. The zero-order valence-corrected chi connectivity index (χ0v) is 12.3. The van der Waals surface area contributed by atoms with E-state index in [9.17, 15) is 0 Å². The second-order valence-electron chi connectivity index (χ2n) is 5.37. The Morgan fingerprint density at radius 2 is 2.27 bits per heavy atom. The fourth-order valence-corrected chi connectivity index (χ4v) is 2.70. The maximum Gasteiger partial charge on any atom is 0.230 e. The number of aromatic nitrogens is 5. The van der Waals surface area contributed by atoms with E-state index in [1.165, 1.54) is 0 Å². The van der Waals surface area contributed by atoms with Crippen molar-refractivity contribution in [1.29, 1.82) is 0 Å². The lowest BCUT2D eigenvalue weighted by Crippen LogP contribution is -2.06. The maximum atomic E-state index is 5.43. The monoisotopic (exact) mass is 299 g/mol. The van der Waals surface area contributed by atoms with Crippen LogP contribution in [0.25, 0.3) is 17.0 Å². The third kappa shape index (κ3) is 2.28. The van der Waals surface area contributed by atoms with E-state index in [1.807, 2.05) is 24.3 Å². The van der Waals surface area contributed by atoms with Gasteiger partial charge in [0.1, 0.15) is 6.61 Å². The molecule has 7 nitrogen and oxygen atoms in total. The second kappa shape index (κ2) is 5.51. The van der Waals surface area contributed by atoms with Gasteiger partial charge in [-0.2, -0.15) is 4.68 Å². The van der Waals surface area contributed by atoms with Crippen molar-refractivity contribution >= 4 is 11.0 Å². The van der Waals surface area contributed by atoms with E-state index < -0.39 is 0 Å². The van der Waals surface area contributed by atoms with Gasteiger partial charge in [0.2, 0.25) is 5.95 Å². The second-order valence-corrected chi connectivity index (χ2v) is 5.37. The molecule has 1 saturated heterocycles. The highest BCUT2D eigenvalue weighted by Gasteiger charge is 2.24. The molecule has 0 aliphatic carbocycles. The van der Waals surface area contributed by atoms with E-state index in [2.05, 4.69) is 20.1 Å². The Balaban J connectivity index is 1.78. The first-order valence-electron chi connectivity index (χ1n) is 7.33. The minimum atomic E-state index is 0.251. The van der Waals surface area contributed by atoms with E-state index >= 15 is 0 Å². The number of nitrogens with zero attached hydrogens (tertiary/aromatic N) is 4. The van der Waals surface area contributed by atoms with Crippen molar-refractivity contribution < 1.29 is 9.47 Å². The fraction of sp³-hybridized carbons (Fsp3) is 0.400. The Morgan fingerprint density at radius 1 is 1.36 bits per heavy atom. The lowest BCUT2D eigenvalue weighted by molar-refractivity contribution is 0.175. The van der Waals surface area contributed by atoms with Crippen LogP contribution in [0.1, 0.15) is 24.0 Å². The zero-order chi connectivity index (χ0) is 14.9. The molecule has 1 aliphatic rings. The van der Waals surface area contributed by atoms with Gasteiger partial charge in [-0.25, -0.2) is 9.97 Å². The molecule has 0 amide bonds. The molecule has 1 atom stereocenters. The maximum absolute atomic E-state index is 5.43. The standard InChI is InChI=1S/C15H17N5O2/c1-21-9-13-18-14(10-6-7-22-8-10)19-20(13)15-16-11-4-2-3-5-12(11)17-15/h2-5,10H,6-9H2,1H3,(H,16,17)/t10-/m1/s1. The van der Waals surface area contributed by atoms with Crippen LogP contribution in [0.2, 0.25) is 0 Å². The molecule has 0 bridgehead atoms. The predicted octanol–water partition coefficient (Wildman–Crippen LogP) is 1.79. The SMILES string of the molecule is COCc1nc([C@@H]2CCOC2)nn1-c1nc2ccccc2[nH]1. The zero-order valence-electron chi connectivity index (χ0n) is 12.3. The van der Waals surface area contributed by atoms with Crippen LogP contribution in [-0.2, 0) is 16.1 Å². The Labute approximate surface area is 127 Å². The topological polar surface area (TPSA) is 77.8 Å². The van der Waals surface area contributed by atoms with Crippen molar-refractivity contribution in [3.8, 4) is 5.95 Å². The third-order valence-electron chi connectivity index (χ3n) is 3.84. The van der Waals surface area contributed by atoms with Crippen molar-refractivity contribution in [2.45, 2.75) is 18.9 Å². The number of H-pyrrole nitrogens is 1. The van der Waals surface area contributed by atoms with Gasteiger partial charge in [-0.15, -0.1) is 5.10 Å². The van der Waals surface area contributed by atoms with Crippen LogP contribution in [0.3, 0.4) is 0 Å². The number of benzene rings is 1. The molecule has 1 fully saturated rings.